The molecule has 21 heavy (non-hydrogen) atoms. The summed E-state index contributed by atoms with van der Waals surface area (Å²) in [5.41, 5.74) is 2.04. The molecule has 3 rings (SSSR count). The number of aromatic nitrogens is 1. The number of fused-ring (bicyclic) bond motifs is 1. The van der Waals surface area contributed by atoms with E-state index in [1.54, 1.807) is 11.3 Å². The number of anilines is 1. The van der Waals surface area contributed by atoms with Gasteiger partial charge in [0.1, 0.15) is 0 Å². The summed E-state index contributed by atoms with van der Waals surface area (Å²) in [7, 11) is -3.10. The Morgan fingerprint density at radius 2 is 1.90 bits per heavy atom. The van der Waals surface area contributed by atoms with Crippen molar-refractivity contribution < 1.29 is 8.42 Å². The molecule has 8 heteroatoms. The fraction of sp³-hybridized carbons (Fsp3) is 0.462. The highest BCUT2D eigenvalue weighted by molar-refractivity contribution is 7.88. The van der Waals surface area contributed by atoms with Crippen LogP contribution in [0, 0.1) is 6.92 Å². The normalized spacial score (nSPS) is 17.6. The molecule has 0 N–H and O–H groups in total. The number of hydrogen-bond donors (Lipinski definition) is 0. The van der Waals surface area contributed by atoms with Gasteiger partial charge in [-0.25, -0.2) is 13.4 Å². The van der Waals surface area contributed by atoms with Crippen LogP contribution in [0.25, 0.3) is 10.2 Å². The van der Waals surface area contributed by atoms with Gasteiger partial charge in [0.25, 0.3) is 0 Å². The average Bonchev–Trinajstić information content (AvgIpc) is 2.89. The Morgan fingerprint density at radius 3 is 2.48 bits per heavy atom. The van der Waals surface area contributed by atoms with E-state index in [1.807, 2.05) is 19.1 Å². The number of hydrogen-bond acceptors (Lipinski definition) is 5. The van der Waals surface area contributed by atoms with E-state index in [4.69, 9.17) is 11.6 Å². The third-order valence-electron chi connectivity index (χ3n) is 3.66. The summed E-state index contributed by atoms with van der Waals surface area (Å²) in [5, 5.41) is 1.63. The summed E-state index contributed by atoms with van der Waals surface area (Å²) < 4.78 is 25.6. The Bertz CT molecular complexity index is 741. The number of halogens is 1. The van der Waals surface area contributed by atoms with E-state index in [1.165, 1.54) is 10.6 Å². The summed E-state index contributed by atoms with van der Waals surface area (Å²) in [4.78, 5) is 6.80. The van der Waals surface area contributed by atoms with Crippen LogP contribution in [0.15, 0.2) is 12.1 Å². The lowest BCUT2D eigenvalue weighted by Gasteiger charge is -2.32. The van der Waals surface area contributed by atoms with Gasteiger partial charge in [0, 0.05) is 26.2 Å². The zero-order valence-corrected chi connectivity index (χ0v) is 14.2. The maximum absolute atomic E-state index is 11.5. The second-order valence-electron chi connectivity index (χ2n) is 5.19. The Kier molecular flexibility index (Phi) is 3.85. The molecule has 2 heterocycles. The van der Waals surface area contributed by atoms with E-state index in [9.17, 15) is 8.42 Å². The van der Waals surface area contributed by atoms with Gasteiger partial charge in [0.2, 0.25) is 10.0 Å². The maximum Gasteiger partial charge on any atom is 0.211 e. The Balaban J connectivity index is 1.86. The molecule has 0 spiro atoms. The minimum atomic E-state index is -3.10. The van der Waals surface area contributed by atoms with Crippen LogP contribution in [-0.2, 0) is 10.0 Å². The SMILES string of the molecule is Cc1ccc(Cl)c2sc(N3CCN(S(C)(=O)=O)CC3)nc12. The molecule has 0 bridgehead atoms. The molecule has 0 atom stereocenters. The molecule has 2 aromatic rings. The number of piperazine rings is 1. The summed E-state index contributed by atoms with van der Waals surface area (Å²) >= 11 is 7.80. The summed E-state index contributed by atoms with van der Waals surface area (Å²) in [6.45, 7) is 4.33. The van der Waals surface area contributed by atoms with Crippen LogP contribution in [0.3, 0.4) is 0 Å². The second-order valence-corrected chi connectivity index (χ2v) is 8.55. The van der Waals surface area contributed by atoms with Gasteiger partial charge >= 0.3 is 0 Å². The van der Waals surface area contributed by atoms with Crippen LogP contribution in [0.1, 0.15) is 5.56 Å². The van der Waals surface area contributed by atoms with Crippen molar-refractivity contribution in [3.8, 4) is 0 Å². The third kappa shape index (κ3) is 2.88. The van der Waals surface area contributed by atoms with E-state index < -0.39 is 10.0 Å². The van der Waals surface area contributed by atoms with E-state index in [0.717, 1.165) is 20.9 Å². The second kappa shape index (κ2) is 5.39. The van der Waals surface area contributed by atoms with Crippen molar-refractivity contribution in [3.63, 3.8) is 0 Å². The number of aryl methyl sites for hydroxylation is 1. The van der Waals surface area contributed by atoms with Gasteiger partial charge in [-0.05, 0) is 18.6 Å². The predicted molar refractivity (Wildman–Crippen MR) is 88.0 cm³/mol. The molecule has 1 saturated heterocycles. The molecule has 1 aliphatic heterocycles. The fourth-order valence-corrected chi connectivity index (χ4v) is 4.63. The van der Waals surface area contributed by atoms with Crippen molar-refractivity contribution in [2.75, 3.05) is 37.3 Å². The lowest BCUT2D eigenvalue weighted by atomic mass is 10.2. The van der Waals surface area contributed by atoms with E-state index in [-0.39, 0.29) is 0 Å². The molecule has 0 saturated carbocycles. The lowest BCUT2D eigenvalue weighted by Crippen LogP contribution is -2.48. The molecule has 114 valence electrons. The summed E-state index contributed by atoms with van der Waals surface area (Å²) in [6, 6.07) is 3.86. The van der Waals surface area contributed by atoms with Crippen LogP contribution in [0.4, 0.5) is 5.13 Å². The van der Waals surface area contributed by atoms with Crippen LogP contribution in [0.2, 0.25) is 5.02 Å². The van der Waals surface area contributed by atoms with Gasteiger partial charge in [-0.1, -0.05) is 29.0 Å². The predicted octanol–water partition coefficient (Wildman–Crippen LogP) is 2.34. The standard InChI is InChI=1S/C13H16ClN3O2S2/c1-9-3-4-10(14)12-11(9)15-13(20-12)16-5-7-17(8-6-16)21(2,18)19/h3-4H,5-8H2,1-2H3. The Labute approximate surface area is 133 Å². The van der Waals surface area contributed by atoms with Crippen molar-refractivity contribution in [3.05, 3.63) is 22.7 Å². The molecular formula is C13H16ClN3O2S2. The monoisotopic (exact) mass is 345 g/mol. The molecule has 5 nitrogen and oxygen atoms in total. The average molecular weight is 346 g/mol. The largest absolute Gasteiger partial charge is 0.345 e. The van der Waals surface area contributed by atoms with Crippen molar-refractivity contribution in [1.82, 2.24) is 9.29 Å². The van der Waals surface area contributed by atoms with Gasteiger partial charge < -0.3 is 4.90 Å². The number of benzene rings is 1. The van der Waals surface area contributed by atoms with Crippen LogP contribution in [0.5, 0.6) is 0 Å². The molecule has 1 aliphatic rings. The molecule has 0 amide bonds. The summed E-state index contributed by atoms with van der Waals surface area (Å²) in [5.74, 6) is 0. The Hall–Kier alpha value is -0.890. The van der Waals surface area contributed by atoms with Gasteiger partial charge in [0.15, 0.2) is 5.13 Å². The van der Waals surface area contributed by atoms with Gasteiger partial charge in [-0.15, -0.1) is 0 Å². The third-order valence-corrected chi connectivity index (χ3v) is 6.54. The highest BCUT2D eigenvalue weighted by atomic mass is 35.5. The minimum absolute atomic E-state index is 0.501. The van der Waals surface area contributed by atoms with Gasteiger partial charge in [0.05, 0.1) is 21.5 Å². The van der Waals surface area contributed by atoms with E-state index in [0.29, 0.717) is 31.2 Å². The lowest BCUT2D eigenvalue weighted by molar-refractivity contribution is 0.388. The van der Waals surface area contributed by atoms with Crippen molar-refractivity contribution in [2.24, 2.45) is 0 Å². The number of thiazole rings is 1. The van der Waals surface area contributed by atoms with Gasteiger partial charge in [-0.3, -0.25) is 0 Å². The van der Waals surface area contributed by atoms with Crippen molar-refractivity contribution >= 4 is 48.3 Å². The smallest absolute Gasteiger partial charge is 0.211 e. The minimum Gasteiger partial charge on any atom is -0.345 e. The number of sulfonamides is 1. The van der Waals surface area contributed by atoms with E-state index in [2.05, 4.69) is 9.88 Å². The van der Waals surface area contributed by atoms with Crippen LogP contribution < -0.4 is 4.90 Å². The molecular weight excluding hydrogens is 330 g/mol. The topological polar surface area (TPSA) is 53.5 Å². The first-order valence-electron chi connectivity index (χ1n) is 6.62. The van der Waals surface area contributed by atoms with Crippen LogP contribution in [-0.4, -0.2) is 50.1 Å². The molecule has 1 fully saturated rings. The molecule has 1 aromatic heterocycles. The molecule has 0 aliphatic carbocycles. The zero-order chi connectivity index (χ0) is 15.2. The van der Waals surface area contributed by atoms with Crippen LogP contribution >= 0.6 is 22.9 Å². The van der Waals surface area contributed by atoms with Crippen molar-refractivity contribution in [1.29, 1.82) is 0 Å². The first-order valence-corrected chi connectivity index (χ1v) is 9.66. The molecule has 1 aromatic carbocycles. The maximum atomic E-state index is 11.5. The molecule has 0 unspecified atom stereocenters. The fourth-order valence-electron chi connectivity index (χ4n) is 2.44. The van der Waals surface area contributed by atoms with Gasteiger partial charge in [-0.2, -0.15) is 4.31 Å². The number of nitrogens with zero attached hydrogens (tertiary/aromatic N) is 3. The first kappa shape index (κ1) is 15.0. The summed E-state index contributed by atoms with van der Waals surface area (Å²) in [6.07, 6.45) is 1.25. The zero-order valence-electron chi connectivity index (χ0n) is 11.8. The highest BCUT2D eigenvalue weighted by Gasteiger charge is 2.25. The van der Waals surface area contributed by atoms with E-state index >= 15 is 0 Å². The number of rotatable bonds is 2. The highest BCUT2D eigenvalue weighted by Crippen LogP contribution is 2.35. The van der Waals surface area contributed by atoms with Crippen molar-refractivity contribution in [2.45, 2.75) is 6.92 Å². The quantitative estimate of drug-likeness (QED) is 0.838. The Morgan fingerprint density at radius 1 is 1.24 bits per heavy atom. The first-order chi connectivity index (χ1) is 9.86. The molecule has 0 radical (unpaired) electrons.